The summed E-state index contributed by atoms with van der Waals surface area (Å²) in [6.07, 6.45) is 1.10. The lowest BCUT2D eigenvalue weighted by Crippen LogP contribution is -1.90. The second kappa shape index (κ2) is 8.93. The van der Waals surface area contributed by atoms with E-state index in [1.165, 1.54) is 32.0 Å². The molecule has 1 aromatic heterocycles. The monoisotopic (exact) mass is 403 g/mol. The van der Waals surface area contributed by atoms with Crippen molar-refractivity contribution in [1.82, 2.24) is 4.98 Å². The van der Waals surface area contributed by atoms with Crippen LogP contribution in [0.4, 0.5) is 0 Å². The van der Waals surface area contributed by atoms with E-state index in [0.717, 1.165) is 23.4 Å². The Kier molecular flexibility index (Phi) is 6.13. The number of aromatic nitrogens is 1. The first-order valence-corrected chi connectivity index (χ1v) is 11.8. The summed E-state index contributed by atoms with van der Waals surface area (Å²) in [5.74, 6) is 2.69. The third-order valence-electron chi connectivity index (χ3n) is 4.95. The topological polar surface area (TPSA) is 12.9 Å². The molecule has 0 unspecified atom stereocenters. The van der Waals surface area contributed by atoms with E-state index in [0.29, 0.717) is 5.92 Å². The molecular weight excluding hydrogens is 378 g/mol. The van der Waals surface area contributed by atoms with Gasteiger partial charge in [0.1, 0.15) is 5.01 Å². The maximum absolute atomic E-state index is 4.80. The maximum Gasteiger partial charge on any atom is 0.104 e. The lowest BCUT2D eigenvalue weighted by Gasteiger charge is -2.04. The maximum atomic E-state index is 4.80. The summed E-state index contributed by atoms with van der Waals surface area (Å²) < 4.78 is 1.32. The van der Waals surface area contributed by atoms with Gasteiger partial charge in [-0.05, 0) is 52.5 Å². The number of aryl methyl sites for hydroxylation is 1. The molecule has 28 heavy (non-hydrogen) atoms. The lowest BCUT2D eigenvalue weighted by atomic mass is 10.0. The van der Waals surface area contributed by atoms with Crippen LogP contribution in [0, 0.1) is 0 Å². The summed E-state index contributed by atoms with van der Waals surface area (Å²) in [5, 5.41) is 1.24. The summed E-state index contributed by atoms with van der Waals surface area (Å²) in [6, 6.07) is 26.2. The van der Waals surface area contributed by atoms with Gasteiger partial charge in [-0.15, -0.1) is 11.3 Å². The summed E-state index contributed by atoms with van der Waals surface area (Å²) >= 11 is 3.82. The van der Waals surface area contributed by atoms with Crippen molar-refractivity contribution in [2.45, 2.75) is 31.9 Å². The van der Waals surface area contributed by atoms with Gasteiger partial charge in [0.2, 0.25) is 0 Å². The SMILES string of the molecule is CC(C)c1ccc2nc(CSCCc3ccc(-c4ccccc4)cc3)sc2c1. The molecule has 0 N–H and O–H groups in total. The Morgan fingerprint density at radius 3 is 2.39 bits per heavy atom. The first-order valence-electron chi connectivity index (χ1n) is 9.80. The highest BCUT2D eigenvalue weighted by Gasteiger charge is 2.07. The average Bonchev–Trinajstić information content (AvgIpc) is 3.14. The largest absolute Gasteiger partial charge is 0.240 e. The minimum Gasteiger partial charge on any atom is -0.240 e. The smallest absolute Gasteiger partial charge is 0.104 e. The number of benzene rings is 3. The highest BCUT2D eigenvalue weighted by Crippen LogP contribution is 2.28. The molecule has 142 valence electrons. The lowest BCUT2D eigenvalue weighted by molar-refractivity contribution is 0.869. The molecule has 0 saturated carbocycles. The van der Waals surface area contributed by atoms with Crippen LogP contribution in [0.2, 0.25) is 0 Å². The van der Waals surface area contributed by atoms with Crippen molar-refractivity contribution in [3.63, 3.8) is 0 Å². The quantitative estimate of drug-likeness (QED) is 0.295. The van der Waals surface area contributed by atoms with Gasteiger partial charge in [0, 0.05) is 5.75 Å². The van der Waals surface area contributed by atoms with E-state index in [-0.39, 0.29) is 0 Å². The molecule has 4 rings (SSSR count). The van der Waals surface area contributed by atoms with Crippen LogP contribution in [0.1, 0.15) is 35.9 Å². The summed E-state index contributed by atoms with van der Waals surface area (Å²) in [7, 11) is 0. The van der Waals surface area contributed by atoms with E-state index in [1.54, 1.807) is 0 Å². The fourth-order valence-corrected chi connectivity index (χ4v) is 5.31. The van der Waals surface area contributed by atoms with Crippen molar-refractivity contribution in [3.05, 3.63) is 88.9 Å². The molecule has 0 aliphatic rings. The Labute approximate surface area is 175 Å². The van der Waals surface area contributed by atoms with Crippen LogP contribution in [0.15, 0.2) is 72.8 Å². The molecule has 1 heterocycles. The van der Waals surface area contributed by atoms with Gasteiger partial charge < -0.3 is 0 Å². The first-order chi connectivity index (χ1) is 13.7. The van der Waals surface area contributed by atoms with E-state index in [1.807, 2.05) is 23.1 Å². The van der Waals surface area contributed by atoms with Crippen LogP contribution in [-0.4, -0.2) is 10.7 Å². The fraction of sp³-hybridized carbons (Fsp3) is 0.240. The van der Waals surface area contributed by atoms with Gasteiger partial charge in [0.25, 0.3) is 0 Å². The Bertz CT molecular complexity index is 1030. The molecular formula is C25H25NS2. The zero-order chi connectivity index (χ0) is 19.3. The predicted octanol–water partition coefficient (Wildman–Crippen LogP) is 7.56. The second-order valence-corrected chi connectivity index (χ2v) is 9.58. The summed E-state index contributed by atoms with van der Waals surface area (Å²) in [6.45, 7) is 4.48. The fourth-order valence-electron chi connectivity index (χ4n) is 3.25. The van der Waals surface area contributed by atoms with Gasteiger partial charge in [-0.2, -0.15) is 11.8 Å². The van der Waals surface area contributed by atoms with Gasteiger partial charge in [0.05, 0.1) is 10.2 Å². The molecule has 0 radical (unpaired) electrons. The number of fused-ring (bicyclic) bond motifs is 1. The Hall–Kier alpha value is -2.10. The van der Waals surface area contributed by atoms with Crippen LogP contribution in [0.5, 0.6) is 0 Å². The van der Waals surface area contributed by atoms with Gasteiger partial charge in [-0.25, -0.2) is 4.98 Å². The minimum absolute atomic E-state index is 0.567. The molecule has 0 aliphatic heterocycles. The number of thiazole rings is 1. The molecule has 0 aliphatic carbocycles. The standard InChI is InChI=1S/C25H25NS2/c1-18(2)22-12-13-23-24(16-22)28-25(26-23)17-27-15-14-19-8-10-21(11-9-19)20-6-4-3-5-7-20/h3-13,16,18H,14-15,17H2,1-2H3. The molecule has 0 bridgehead atoms. The molecule has 3 aromatic carbocycles. The predicted molar refractivity (Wildman–Crippen MR) is 125 cm³/mol. The van der Waals surface area contributed by atoms with E-state index in [4.69, 9.17) is 4.98 Å². The van der Waals surface area contributed by atoms with E-state index in [9.17, 15) is 0 Å². The van der Waals surface area contributed by atoms with Crippen LogP contribution >= 0.6 is 23.1 Å². The second-order valence-electron chi connectivity index (χ2n) is 7.36. The Morgan fingerprint density at radius 2 is 1.64 bits per heavy atom. The van der Waals surface area contributed by atoms with Crippen molar-refractivity contribution >= 4 is 33.3 Å². The van der Waals surface area contributed by atoms with E-state index < -0.39 is 0 Å². The van der Waals surface area contributed by atoms with Crippen molar-refractivity contribution in [1.29, 1.82) is 0 Å². The molecule has 0 atom stereocenters. The minimum atomic E-state index is 0.567. The van der Waals surface area contributed by atoms with Crippen LogP contribution in [0.3, 0.4) is 0 Å². The van der Waals surface area contributed by atoms with Gasteiger partial charge in [-0.3, -0.25) is 0 Å². The Morgan fingerprint density at radius 1 is 0.893 bits per heavy atom. The molecule has 0 amide bonds. The third kappa shape index (κ3) is 4.65. The number of nitrogens with zero attached hydrogens (tertiary/aromatic N) is 1. The first kappa shape index (κ1) is 19.2. The van der Waals surface area contributed by atoms with Crippen LogP contribution in [0.25, 0.3) is 21.3 Å². The molecule has 0 fully saturated rings. The van der Waals surface area contributed by atoms with Crippen molar-refractivity contribution in [3.8, 4) is 11.1 Å². The molecule has 0 saturated heterocycles. The normalized spacial score (nSPS) is 11.4. The van der Waals surface area contributed by atoms with Crippen LogP contribution < -0.4 is 0 Å². The number of hydrogen-bond donors (Lipinski definition) is 0. The number of thioether (sulfide) groups is 1. The average molecular weight is 404 g/mol. The number of rotatable bonds is 7. The van der Waals surface area contributed by atoms with Crippen molar-refractivity contribution in [2.75, 3.05) is 5.75 Å². The van der Waals surface area contributed by atoms with Gasteiger partial charge in [-0.1, -0.05) is 74.5 Å². The zero-order valence-electron chi connectivity index (χ0n) is 16.4. The van der Waals surface area contributed by atoms with Gasteiger partial charge >= 0.3 is 0 Å². The van der Waals surface area contributed by atoms with Gasteiger partial charge in [0.15, 0.2) is 0 Å². The van der Waals surface area contributed by atoms with Crippen LogP contribution in [-0.2, 0) is 12.2 Å². The molecule has 4 aromatic rings. The third-order valence-corrected chi connectivity index (χ3v) is 7.12. The summed E-state index contributed by atoms with van der Waals surface area (Å²) in [5.41, 5.74) is 6.50. The highest BCUT2D eigenvalue weighted by molar-refractivity contribution is 7.98. The molecule has 0 spiro atoms. The summed E-state index contributed by atoms with van der Waals surface area (Å²) in [4.78, 5) is 4.80. The van der Waals surface area contributed by atoms with Crippen molar-refractivity contribution in [2.24, 2.45) is 0 Å². The highest BCUT2D eigenvalue weighted by atomic mass is 32.2. The number of hydrogen-bond acceptors (Lipinski definition) is 3. The van der Waals surface area contributed by atoms with Crippen molar-refractivity contribution < 1.29 is 0 Å². The Balaban J connectivity index is 1.30. The van der Waals surface area contributed by atoms with E-state index in [2.05, 4.69) is 86.6 Å². The zero-order valence-corrected chi connectivity index (χ0v) is 18.0. The molecule has 3 heteroatoms. The van der Waals surface area contributed by atoms with E-state index >= 15 is 0 Å². The molecule has 1 nitrogen and oxygen atoms in total.